The van der Waals surface area contributed by atoms with Crippen molar-refractivity contribution in [1.29, 1.82) is 0 Å². The lowest BCUT2D eigenvalue weighted by molar-refractivity contribution is 0.139. The first-order valence-electron chi connectivity index (χ1n) is 10.1. The van der Waals surface area contributed by atoms with Crippen LogP contribution in [-0.4, -0.2) is 60.1 Å². The molecule has 0 radical (unpaired) electrons. The highest BCUT2D eigenvalue weighted by atomic mass is 16.2. The predicted octanol–water partition coefficient (Wildman–Crippen LogP) is 3.08. The third kappa shape index (κ3) is 4.21. The van der Waals surface area contributed by atoms with E-state index in [2.05, 4.69) is 10.6 Å². The van der Waals surface area contributed by atoms with E-state index < -0.39 is 0 Å². The minimum absolute atomic E-state index is 0.00317. The molecule has 4 amide bonds. The minimum atomic E-state index is -0.254. The normalized spacial score (nSPS) is 23.1. The van der Waals surface area contributed by atoms with Gasteiger partial charge in [0.05, 0.1) is 5.54 Å². The van der Waals surface area contributed by atoms with Gasteiger partial charge in [-0.15, -0.1) is 0 Å². The number of carbonyl (C=O) groups is 2. The number of carbonyl (C=O) groups excluding carboxylic acids is 2. The average molecular weight is 351 g/mol. The van der Waals surface area contributed by atoms with Crippen LogP contribution in [0.1, 0.15) is 70.6 Å². The summed E-state index contributed by atoms with van der Waals surface area (Å²) in [5.41, 5.74) is -0.254. The molecule has 0 atom stereocenters. The van der Waals surface area contributed by atoms with Gasteiger partial charge in [-0.3, -0.25) is 0 Å². The Morgan fingerprint density at radius 3 is 1.76 bits per heavy atom. The highest BCUT2D eigenvalue weighted by molar-refractivity contribution is 5.76. The summed E-state index contributed by atoms with van der Waals surface area (Å²) < 4.78 is 0. The van der Waals surface area contributed by atoms with Crippen molar-refractivity contribution in [1.82, 2.24) is 20.4 Å². The van der Waals surface area contributed by atoms with E-state index >= 15 is 0 Å². The molecule has 6 heteroatoms. The number of amides is 4. The van der Waals surface area contributed by atoms with Gasteiger partial charge in [0.2, 0.25) is 0 Å². The SMILES string of the molecule is CN(C(=O)NCC1(NC(=O)N(C)C2CCCC2)CCC1)C1CCCC1. The largest absolute Gasteiger partial charge is 0.336 e. The lowest BCUT2D eigenvalue weighted by atomic mass is 9.76. The second kappa shape index (κ2) is 7.83. The maximum absolute atomic E-state index is 12.6. The van der Waals surface area contributed by atoms with Crippen molar-refractivity contribution in [2.45, 2.75) is 88.3 Å². The minimum Gasteiger partial charge on any atom is -0.336 e. The second-order valence-electron chi connectivity index (χ2n) is 8.32. The zero-order valence-electron chi connectivity index (χ0n) is 15.9. The standard InChI is InChI=1S/C19H34N4O2/c1-22(15-8-3-4-9-15)17(24)20-14-19(12-7-13-19)21-18(25)23(2)16-10-5-6-11-16/h15-16H,3-14H2,1-2H3,(H,20,24)(H,21,25). The van der Waals surface area contributed by atoms with Gasteiger partial charge in [-0.25, -0.2) is 9.59 Å². The third-order valence-electron chi connectivity index (χ3n) is 6.65. The van der Waals surface area contributed by atoms with Crippen molar-refractivity contribution in [2.24, 2.45) is 0 Å². The molecule has 0 aliphatic heterocycles. The summed E-state index contributed by atoms with van der Waals surface area (Å²) in [6, 6.07) is 0.766. The van der Waals surface area contributed by atoms with Crippen LogP contribution in [0.3, 0.4) is 0 Å². The monoisotopic (exact) mass is 350 g/mol. The Bertz CT molecular complexity index is 480. The van der Waals surface area contributed by atoms with Crippen LogP contribution in [0, 0.1) is 0 Å². The quantitative estimate of drug-likeness (QED) is 0.800. The number of hydrogen-bond donors (Lipinski definition) is 2. The molecule has 3 fully saturated rings. The van der Waals surface area contributed by atoms with E-state index in [1.165, 1.54) is 25.7 Å². The maximum Gasteiger partial charge on any atom is 0.317 e. The molecule has 142 valence electrons. The number of hydrogen-bond acceptors (Lipinski definition) is 2. The second-order valence-corrected chi connectivity index (χ2v) is 8.32. The molecule has 25 heavy (non-hydrogen) atoms. The zero-order chi connectivity index (χ0) is 17.9. The first kappa shape index (κ1) is 18.3. The smallest absolute Gasteiger partial charge is 0.317 e. The zero-order valence-corrected chi connectivity index (χ0v) is 15.9. The van der Waals surface area contributed by atoms with Crippen LogP contribution < -0.4 is 10.6 Å². The lowest BCUT2D eigenvalue weighted by Gasteiger charge is -2.44. The predicted molar refractivity (Wildman–Crippen MR) is 98.6 cm³/mol. The van der Waals surface area contributed by atoms with Crippen LogP contribution in [-0.2, 0) is 0 Å². The summed E-state index contributed by atoms with van der Waals surface area (Å²) in [7, 11) is 3.80. The Morgan fingerprint density at radius 2 is 1.32 bits per heavy atom. The molecule has 3 rings (SSSR count). The van der Waals surface area contributed by atoms with Crippen molar-refractivity contribution in [3.63, 3.8) is 0 Å². The van der Waals surface area contributed by atoms with Gasteiger partial charge in [0.25, 0.3) is 0 Å². The van der Waals surface area contributed by atoms with Gasteiger partial charge >= 0.3 is 12.1 Å². The Balaban J connectivity index is 1.48. The van der Waals surface area contributed by atoms with Crippen LogP contribution in [0.4, 0.5) is 9.59 Å². The van der Waals surface area contributed by atoms with Gasteiger partial charge in [0, 0.05) is 32.7 Å². The molecule has 0 heterocycles. The van der Waals surface area contributed by atoms with Crippen LogP contribution >= 0.6 is 0 Å². The van der Waals surface area contributed by atoms with Gasteiger partial charge in [0.15, 0.2) is 0 Å². The molecule has 0 aromatic carbocycles. The fraction of sp³-hybridized carbons (Fsp3) is 0.895. The molecular weight excluding hydrogens is 316 g/mol. The fourth-order valence-corrected chi connectivity index (χ4v) is 4.55. The molecule has 0 saturated heterocycles. The Hall–Kier alpha value is -1.46. The van der Waals surface area contributed by atoms with Crippen LogP contribution in [0.2, 0.25) is 0 Å². The van der Waals surface area contributed by atoms with Crippen molar-refractivity contribution in [2.75, 3.05) is 20.6 Å². The Morgan fingerprint density at radius 1 is 0.840 bits per heavy atom. The van der Waals surface area contributed by atoms with E-state index in [4.69, 9.17) is 0 Å². The highest BCUT2D eigenvalue weighted by Gasteiger charge is 2.40. The summed E-state index contributed by atoms with van der Waals surface area (Å²) >= 11 is 0. The highest BCUT2D eigenvalue weighted by Crippen LogP contribution is 2.32. The molecule has 0 spiro atoms. The van der Waals surface area contributed by atoms with Gasteiger partial charge in [-0.2, -0.15) is 0 Å². The Kier molecular flexibility index (Phi) is 5.74. The van der Waals surface area contributed by atoms with Gasteiger partial charge in [0.1, 0.15) is 0 Å². The van der Waals surface area contributed by atoms with Crippen molar-refractivity contribution < 1.29 is 9.59 Å². The van der Waals surface area contributed by atoms with E-state index in [0.717, 1.165) is 44.9 Å². The molecule has 0 unspecified atom stereocenters. The van der Waals surface area contributed by atoms with Crippen LogP contribution in [0.15, 0.2) is 0 Å². The van der Waals surface area contributed by atoms with E-state index in [1.807, 2.05) is 23.9 Å². The maximum atomic E-state index is 12.6. The molecule has 3 saturated carbocycles. The van der Waals surface area contributed by atoms with Gasteiger partial charge in [-0.1, -0.05) is 25.7 Å². The summed E-state index contributed by atoms with van der Waals surface area (Å²) in [6.07, 6.45) is 12.3. The molecule has 0 aromatic heterocycles. The molecule has 2 N–H and O–H groups in total. The summed E-state index contributed by atoms with van der Waals surface area (Å²) in [5.74, 6) is 0. The summed E-state index contributed by atoms with van der Waals surface area (Å²) in [6.45, 7) is 0.535. The van der Waals surface area contributed by atoms with Crippen LogP contribution in [0.25, 0.3) is 0 Å². The topological polar surface area (TPSA) is 64.7 Å². The van der Waals surface area contributed by atoms with E-state index in [-0.39, 0.29) is 17.6 Å². The molecule has 0 bridgehead atoms. The van der Waals surface area contributed by atoms with E-state index in [0.29, 0.717) is 18.6 Å². The molecule has 3 aliphatic carbocycles. The molecular formula is C19H34N4O2. The summed E-state index contributed by atoms with van der Waals surface area (Å²) in [4.78, 5) is 28.8. The van der Waals surface area contributed by atoms with Crippen molar-refractivity contribution in [3.05, 3.63) is 0 Å². The van der Waals surface area contributed by atoms with Crippen LogP contribution in [0.5, 0.6) is 0 Å². The lowest BCUT2D eigenvalue weighted by Crippen LogP contribution is -2.63. The van der Waals surface area contributed by atoms with E-state index in [1.54, 1.807) is 0 Å². The molecule has 6 nitrogen and oxygen atoms in total. The first-order chi connectivity index (χ1) is 12.0. The number of rotatable bonds is 5. The molecule has 3 aliphatic rings. The first-order valence-corrected chi connectivity index (χ1v) is 10.1. The number of nitrogens with one attached hydrogen (secondary N) is 2. The van der Waals surface area contributed by atoms with Crippen molar-refractivity contribution >= 4 is 12.1 Å². The number of nitrogens with zero attached hydrogens (tertiary/aromatic N) is 2. The average Bonchev–Trinajstić information content (AvgIpc) is 3.28. The third-order valence-corrected chi connectivity index (χ3v) is 6.65. The summed E-state index contributed by atoms with van der Waals surface area (Å²) in [5, 5.41) is 6.29. The van der Waals surface area contributed by atoms with Crippen molar-refractivity contribution in [3.8, 4) is 0 Å². The van der Waals surface area contributed by atoms with Gasteiger partial charge < -0.3 is 20.4 Å². The number of urea groups is 2. The van der Waals surface area contributed by atoms with Gasteiger partial charge in [-0.05, 0) is 44.9 Å². The molecule has 0 aromatic rings. The van der Waals surface area contributed by atoms with E-state index in [9.17, 15) is 9.59 Å². The Labute approximate surface area is 151 Å². The fourth-order valence-electron chi connectivity index (χ4n) is 4.55.